The fraction of sp³-hybridized carbons (Fsp3) is 0.364. The second-order valence-electron chi connectivity index (χ2n) is 7.56. The first-order chi connectivity index (χ1) is 15.4. The number of rotatable bonds is 5. The summed E-state index contributed by atoms with van der Waals surface area (Å²) >= 11 is 0. The normalized spacial score (nSPS) is 14.0. The van der Waals surface area contributed by atoms with E-state index >= 15 is 0 Å². The van der Waals surface area contributed by atoms with Crippen molar-refractivity contribution in [1.82, 2.24) is 24.6 Å². The molecule has 0 atom stereocenters. The van der Waals surface area contributed by atoms with E-state index in [2.05, 4.69) is 15.1 Å². The van der Waals surface area contributed by atoms with Gasteiger partial charge in [0.25, 0.3) is 11.5 Å². The Hall–Kier alpha value is -3.69. The van der Waals surface area contributed by atoms with Gasteiger partial charge in [-0.25, -0.2) is 4.98 Å². The van der Waals surface area contributed by atoms with Crippen molar-refractivity contribution in [3.63, 3.8) is 0 Å². The monoisotopic (exact) mass is 440 g/mol. The first kappa shape index (κ1) is 21.5. The van der Waals surface area contributed by atoms with Crippen molar-refractivity contribution in [2.75, 3.05) is 37.7 Å². The molecule has 9 nitrogen and oxygen atoms in total. The van der Waals surface area contributed by atoms with Crippen LogP contribution in [0, 0.1) is 12.7 Å². The highest BCUT2D eigenvalue weighted by molar-refractivity contribution is 5.94. The fourth-order valence-electron chi connectivity index (χ4n) is 3.69. The van der Waals surface area contributed by atoms with Gasteiger partial charge in [-0.15, -0.1) is 0 Å². The van der Waals surface area contributed by atoms with Crippen LogP contribution in [0.2, 0.25) is 0 Å². The number of benzene rings is 1. The molecule has 3 heterocycles. The van der Waals surface area contributed by atoms with Gasteiger partial charge < -0.3 is 14.5 Å². The maximum absolute atomic E-state index is 13.6. The molecule has 1 aliphatic heterocycles. The smallest absolute Gasteiger partial charge is 0.288 e. The first-order valence-corrected chi connectivity index (χ1v) is 10.4. The van der Waals surface area contributed by atoms with Crippen LogP contribution in [0.15, 0.2) is 35.1 Å². The molecule has 10 heteroatoms. The molecule has 1 saturated heterocycles. The van der Waals surface area contributed by atoms with Crippen LogP contribution >= 0.6 is 0 Å². The van der Waals surface area contributed by atoms with Gasteiger partial charge in [-0.05, 0) is 44.2 Å². The number of hydrogen-bond acceptors (Lipinski definition) is 6. The number of halogens is 1. The largest absolute Gasteiger partial charge is 0.494 e. The molecular weight excluding hydrogens is 415 g/mol. The zero-order valence-electron chi connectivity index (χ0n) is 18.3. The lowest BCUT2D eigenvalue weighted by atomic mass is 10.1. The highest BCUT2D eigenvalue weighted by Crippen LogP contribution is 2.23. The summed E-state index contributed by atoms with van der Waals surface area (Å²) in [7, 11) is 1.75. The van der Waals surface area contributed by atoms with Crippen molar-refractivity contribution >= 4 is 11.9 Å². The number of aryl methyl sites for hydroxylation is 2. The van der Waals surface area contributed by atoms with Crippen LogP contribution in [0.4, 0.5) is 10.3 Å². The third-order valence-electron chi connectivity index (χ3n) is 5.44. The number of anilines is 1. The topological polar surface area (TPSA) is 96.4 Å². The van der Waals surface area contributed by atoms with Crippen LogP contribution in [-0.4, -0.2) is 63.3 Å². The minimum atomic E-state index is -0.873. The predicted molar refractivity (Wildman–Crippen MR) is 117 cm³/mol. The molecule has 0 radical (unpaired) electrons. The Labute approximate surface area is 184 Å². The highest BCUT2D eigenvalue weighted by atomic mass is 19.1. The van der Waals surface area contributed by atoms with E-state index in [0.29, 0.717) is 50.1 Å². The highest BCUT2D eigenvalue weighted by Gasteiger charge is 2.26. The Morgan fingerprint density at radius 2 is 1.88 bits per heavy atom. The second-order valence-corrected chi connectivity index (χ2v) is 7.56. The van der Waals surface area contributed by atoms with Gasteiger partial charge in [-0.2, -0.15) is 9.49 Å². The van der Waals surface area contributed by atoms with Crippen molar-refractivity contribution in [1.29, 1.82) is 0 Å². The number of hydrogen-bond donors (Lipinski definition) is 1. The van der Waals surface area contributed by atoms with Crippen LogP contribution in [0.3, 0.4) is 0 Å². The van der Waals surface area contributed by atoms with Gasteiger partial charge >= 0.3 is 0 Å². The van der Waals surface area contributed by atoms with E-state index in [1.165, 1.54) is 6.92 Å². The third-order valence-corrected chi connectivity index (χ3v) is 5.44. The predicted octanol–water partition coefficient (Wildman–Crippen LogP) is 1.98. The summed E-state index contributed by atoms with van der Waals surface area (Å²) in [5.74, 6) is 0.114. The number of nitrogens with one attached hydrogen (secondary N) is 1. The van der Waals surface area contributed by atoms with Gasteiger partial charge in [0, 0.05) is 38.8 Å². The molecule has 1 amide bonds. The Morgan fingerprint density at radius 3 is 2.50 bits per heavy atom. The second kappa shape index (κ2) is 8.81. The summed E-state index contributed by atoms with van der Waals surface area (Å²) in [6.07, 6.45) is 0. The van der Waals surface area contributed by atoms with Gasteiger partial charge in [-0.1, -0.05) is 0 Å². The summed E-state index contributed by atoms with van der Waals surface area (Å²) in [4.78, 5) is 35.0. The van der Waals surface area contributed by atoms with Gasteiger partial charge in [0.2, 0.25) is 11.8 Å². The quantitative estimate of drug-likeness (QED) is 0.652. The van der Waals surface area contributed by atoms with Gasteiger partial charge in [0.05, 0.1) is 18.0 Å². The number of carbonyl (C=O) groups excluding carboxylic acids is 1. The lowest BCUT2D eigenvalue weighted by Gasteiger charge is -2.35. The summed E-state index contributed by atoms with van der Waals surface area (Å²) in [5, 5.41) is 4.50. The molecule has 4 rings (SSSR count). The molecule has 0 bridgehead atoms. The third kappa shape index (κ3) is 4.20. The molecule has 168 valence electrons. The summed E-state index contributed by atoms with van der Waals surface area (Å²) < 4.78 is 20.6. The van der Waals surface area contributed by atoms with E-state index < -0.39 is 11.4 Å². The Balaban J connectivity index is 1.45. The number of nitrogens with zero attached hydrogens (tertiary/aromatic N) is 5. The van der Waals surface area contributed by atoms with Crippen molar-refractivity contribution in [2.45, 2.75) is 13.8 Å². The van der Waals surface area contributed by atoms with Gasteiger partial charge in [-0.3, -0.25) is 19.3 Å². The van der Waals surface area contributed by atoms with Crippen LogP contribution < -0.4 is 15.2 Å². The van der Waals surface area contributed by atoms with Crippen LogP contribution in [0.25, 0.3) is 11.3 Å². The molecule has 1 aliphatic rings. The van der Waals surface area contributed by atoms with Crippen LogP contribution in [0.5, 0.6) is 5.75 Å². The molecule has 0 saturated carbocycles. The lowest BCUT2D eigenvalue weighted by molar-refractivity contribution is 0.0735. The average Bonchev–Trinajstić information content (AvgIpc) is 3.19. The Bertz CT molecular complexity index is 1180. The summed E-state index contributed by atoms with van der Waals surface area (Å²) in [6, 6.07) is 9.37. The number of piperazine rings is 1. The first-order valence-electron chi connectivity index (χ1n) is 10.4. The van der Waals surface area contributed by atoms with E-state index in [9.17, 15) is 14.0 Å². The minimum absolute atomic E-state index is 0.0546. The fourth-order valence-corrected chi connectivity index (χ4v) is 3.69. The number of H-pyrrole nitrogens is 1. The number of aromatic amines is 1. The average molecular weight is 440 g/mol. The molecule has 0 unspecified atom stereocenters. The van der Waals surface area contributed by atoms with Crippen molar-refractivity contribution < 1.29 is 13.9 Å². The lowest BCUT2D eigenvalue weighted by Crippen LogP contribution is -2.50. The molecule has 32 heavy (non-hydrogen) atoms. The molecule has 1 fully saturated rings. The Kier molecular flexibility index (Phi) is 5.93. The molecular formula is C22H25FN6O3. The number of aromatic nitrogens is 4. The van der Waals surface area contributed by atoms with Gasteiger partial charge in [0.15, 0.2) is 0 Å². The van der Waals surface area contributed by atoms with E-state index in [-0.39, 0.29) is 11.6 Å². The van der Waals surface area contributed by atoms with Crippen molar-refractivity contribution in [2.24, 2.45) is 7.05 Å². The summed E-state index contributed by atoms with van der Waals surface area (Å²) in [6.45, 7) is 5.83. The molecule has 2 aromatic heterocycles. The molecule has 1 aromatic carbocycles. The molecule has 3 aromatic rings. The number of ether oxygens (including phenoxy) is 1. The van der Waals surface area contributed by atoms with E-state index in [4.69, 9.17) is 4.74 Å². The maximum Gasteiger partial charge on any atom is 0.288 e. The van der Waals surface area contributed by atoms with E-state index in [1.807, 2.05) is 36.1 Å². The maximum atomic E-state index is 13.6. The van der Waals surface area contributed by atoms with Crippen molar-refractivity contribution in [3.8, 4) is 17.0 Å². The van der Waals surface area contributed by atoms with Gasteiger partial charge in [0.1, 0.15) is 11.4 Å². The van der Waals surface area contributed by atoms with Crippen LogP contribution in [-0.2, 0) is 7.05 Å². The van der Waals surface area contributed by atoms with Crippen molar-refractivity contribution in [3.05, 3.63) is 57.9 Å². The summed E-state index contributed by atoms with van der Waals surface area (Å²) in [5.41, 5.74) is 1.36. The zero-order valence-corrected chi connectivity index (χ0v) is 18.3. The Morgan fingerprint density at radius 1 is 1.19 bits per heavy atom. The van der Waals surface area contributed by atoms with E-state index in [0.717, 1.165) is 11.3 Å². The molecule has 0 spiro atoms. The van der Waals surface area contributed by atoms with E-state index in [1.54, 1.807) is 22.7 Å². The SMILES string of the molecule is CCOc1ccc(-c2cc(C(=O)N3CCN(c4nc(C)c(F)c(=O)[nH]4)CC3)n(C)n2)cc1. The van der Waals surface area contributed by atoms with Crippen LogP contribution in [0.1, 0.15) is 23.1 Å². The zero-order chi connectivity index (χ0) is 22.8. The molecule has 0 aliphatic carbocycles. The number of amides is 1. The molecule has 1 N–H and O–H groups in total. The number of carbonyl (C=O) groups is 1. The standard InChI is InChI=1S/C22H25FN6O3/c1-4-32-16-7-5-15(6-8-16)17-13-18(27(3)26-17)21(31)28-9-11-29(12-10-28)22-24-14(2)19(23)20(30)25-22/h5-8,13H,4,9-12H2,1-3H3,(H,24,25,30). The minimum Gasteiger partial charge on any atom is -0.494 e.